The van der Waals surface area contributed by atoms with Gasteiger partial charge in [0.05, 0.1) is 11.3 Å². The number of rotatable bonds is 5. The van der Waals surface area contributed by atoms with E-state index in [0.717, 1.165) is 55.4 Å². The summed E-state index contributed by atoms with van der Waals surface area (Å²) in [5, 5.41) is 12.7. The van der Waals surface area contributed by atoms with Gasteiger partial charge in [0.15, 0.2) is 0 Å². The van der Waals surface area contributed by atoms with Gasteiger partial charge in [-0.2, -0.15) is 5.26 Å². The van der Waals surface area contributed by atoms with Crippen molar-refractivity contribution in [1.29, 1.82) is 5.26 Å². The molecule has 0 aliphatic carbocycles. The van der Waals surface area contributed by atoms with Crippen molar-refractivity contribution in [3.05, 3.63) is 23.8 Å². The standard InChI is InChI=1S/C15H22N4S/c1-18-8-10-19(11-9-18)7-6-17-14-4-3-5-15(20-2)13(14)12-16/h3-5,17H,6-11H2,1-2H3. The molecule has 0 bridgehead atoms. The Hall–Kier alpha value is -1.22. The summed E-state index contributed by atoms with van der Waals surface area (Å²) < 4.78 is 0. The van der Waals surface area contributed by atoms with E-state index in [1.165, 1.54) is 0 Å². The summed E-state index contributed by atoms with van der Waals surface area (Å²) in [5.74, 6) is 0. The first-order valence-electron chi connectivity index (χ1n) is 6.96. The molecule has 0 radical (unpaired) electrons. The molecular weight excluding hydrogens is 268 g/mol. The minimum absolute atomic E-state index is 0.762. The zero-order chi connectivity index (χ0) is 14.4. The van der Waals surface area contributed by atoms with E-state index in [1.807, 2.05) is 24.5 Å². The molecule has 0 saturated carbocycles. The largest absolute Gasteiger partial charge is 0.383 e. The van der Waals surface area contributed by atoms with E-state index in [0.29, 0.717) is 0 Å². The van der Waals surface area contributed by atoms with Gasteiger partial charge in [0.25, 0.3) is 0 Å². The Balaban J connectivity index is 1.87. The van der Waals surface area contributed by atoms with Crippen molar-refractivity contribution in [1.82, 2.24) is 9.80 Å². The Morgan fingerprint density at radius 2 is 2.05 bits per heavy atom. The lowest BCUT2D eigenvalue weighted by molar-refractivity contribution is 0.158. The molecule has 1 aromatic carbocycles. The second-order valence-corrected chi connectivity index (χ2v) is 5.91. The van der Waals surface area contributed by atoms with E-state index in [4.69, 9.17) is 0 Å². The fourth-order valence-corrected chi connectivity index (χ4v) is 2.96. The lowest BCUT2D eigenvalue weighted by Gasteiger charge is -2.32. The van der Waals surface area contributed by atoms with Crippen molar-refractivity contribution >= 4 is 17.4 Å². The lowest BCUT2D eigenvalue weighted by Crippen LogP contribution is -2.45. The van der Waals surface area contributed by atoms with Crippen LogP contribution in [0.25, 0.3) is 0 Å². The van der Waals surface area contributed by atoms with Crippen LogP contribution in [0.4, 0.5) is 5.69 Å². The van der Waals surface area contributed by atoms with E-state index in [2.05, 4.69) is 28.2 Å². The van der Waals surface area contributed by atoms with Gasteiger partial charge >= 0.3 is 0 Å². The summed E-state index contributed by atoms with van der Waals surface area (Å²) in [6, 6.07) is 8.29. The van der Waals surface area contributed by atoms with Gasteiger partial charge in [0.1, 0.15) is 6.07 Å². The summed E-state index contributed by atoms with van der Waals surface area (Å²) in [4.78, 5) is 5.87. The van der Waals surface area contributed by atoms with Crippen LogP contribution in [0.1, 0.15) is 5.56 Å². The van der Waals surface area contributed by atoms with Gasteiger partial charge in [-0.3, -0.25) is 4.90 Å². The molecule has 20 heavy (non-hydrogen) atoms. The van der Waals surface area contributed by atoms with Crippen LogP contribution in [0.2, 0.25) is 0 Å². The number of benzene rings is 1. The predicted molar refractivity (Wildman–Crippen MR) is 85.4 cm³/mol. The number of nitrogens with zero attached hydrogens (tertiary/aromatic N) is 3. The molecule has 0 spiro atoms. The van der Waals surface area contributed by atoms with E-state index < -0.39 is 0 Å². The molecule has 5 heteroatoms. The van der Waals surface area contributed by atoms with Gasteiger partial charge in [0.2, 0.25) is 0 Å². The highest BCUT2D eigenvalue weighted by Crippen LogP contribution is 2.26. The Bertz CT molecular complexity index is 475. The molecule has 2 rings (SSSR count). The molecule has 4 nitrogen and oxygen atoms in total. The minimum atomic E-state index is 0.762. The summed E-state index contributed by atoms with van der Waals surface area (Å²) in [6.45, 7) is 6.47. The Morgan fingerprint density at radius 1 is 1.30 bits per heavy atom. The third kappa shape index (κ3) is 3.89. The van der Waals surface area contributed by atoms with Crippen molar-refractivity contribution in [2.45, 2.75) is 4.90 Å². The number of nitriles is 1. The average molecular weight is 290 g/mol. The number of anilines is 1. The van der Waals surface area contributed by atoms with Crippen LogP contribution in [0.5, 0.6) is 0 Å². The number of likely N-dealkylation sites (N-methyl/N-ethyl adjacent to an activating group) is 1. The molecule has 0 unspecified atom stereocenters. The van der Waals surface area contributed by atoms with Crippen LogP contribution in [-0.4, -0.2) is 62.4 Å². The molecule has 1 aliphatic rings. The highest BCUT2D eigenvalue weighted by molar-refractivity contribution is 7.98. The van der Waals surface area contributed by atoms with E-state index in [1.54, 1.807) is 11.8 Å². The molecule has 0 atom stereocenters. The smallest absolute Gasteiger partial charge is 0.102 e. The Labute approximate surface area is 125 Å². The fraction of sp³-hybridized carbons (Fsp3) is 0.533. The highest BCUT2D eigenvalue weighted by Gasteiger charge is 2.13. The zero-order valence-electron chi connectivity index (χ0n) is 12.2. The van der Waals surface area contributed by atoms with Crippen molar-refractivity contribution in [2.75, 3.05) is 57.9 Å². The van der Waals surface area contributed by atoms with E-state index >= 15 is 0 Å². The Morgan fingerprint density at radius 3 is 2.70 bits per heavy atom. The normalized spacial score (nSPS) is 16.9. The number of hydrogen-bond acceptors (Lipinski definition) is 5. The number of nitrogens with one attached hydrogen (secondary N) is 1. The first-order chi connectivity index (χ1) is 9.74. The predicted octanol–water partition coefficient (Wildman–Crippen LogP) is 1.94. The number of piperazine rings is 1. The number of hydrogen-bond donors (Lipinski definition) is 1. The second kappa shape index (κ2) is 7.53. The third-order valence-electron chi connectivity index (χ3n) is 3.70. The monoisotopic (exact) mass is 290 g/mol. The van der Waals surface area contributed by atoms with Crippen molar-refractivity contribution in [3.63, 3.8) is 0 Å². The lowest BCUT2D eigenvalue weighted by atomic mass is 10.2. The molecule has 1 heterocycles. The fourth-order valence-electron chi connectivity index (χ4n) is 2.38. The topological polar surface area (TPSA) is 42.3 Å². The molecule has 1 N–H and O–H groups in total. The molecule has 1 aliphatic heterocycles. The van der Waals surface area contributed by atoms with Gasteiger partial charge in [-0.05, 0) is 25.4 Å². The maximum absolute atomic E-state index is 9.29. The van der Waals surface area contributed by atoms with Crippen LogP contribution >= 0.6 is 11.8 Å². The van der Waals surface area contributed by atoms with Crippen molar-refractivity contribution in [2.24, 2.45) is 0 Å². The molecule has 1 saturated heterocycles. The van der Waals surface area contributed by atoms with Gasteiger partial charge in [-0.25, -0.2) is 0 Å². The zero-order valence-corrected chi connectivity index (χ0v) is 13.0. The van der Waals surface area contributed by atoms with Crippen LogP contribution in [-0.2, 0) is 0 Å². The molecular formula is C15H22N4S. The van der Waals surface area contributed by atoms with Crippen molar-refractivity contribution in [3.8, 4) is 6.07 Å². The maximum Gasteiger partial charge on any atom is 0.102 e. The number of thioether (sulfide) groups is 1. The van der Waals surface area contributed by atoms with Crippen LogP contribution in [0.3, 0.4) is 0 Å². The highest BCUT2D eigenvalue weighted by atomic mass is 32.2. The third-order valence-corrected chi connectivity index (χ3v) is 4.48. The van der Waals surface area contributed by atoms with Crippen LogP contribution in [0, 0.1) is 11.3 Å². The first kappa shape index (κ1) is 15.2. The molecule has 1 aromatic rings. The van der Waals surface area contributed by atoms with E-state index in [9.17, 15) is 5.26 Å². The molecule has 0 amide bonds. The SMILES string of the molecule is CSc1cccc(NCCN2CCN(C)CC2)c1C#N. The summed E-state index contributed by atoms with van der Waals surface area (Å²) in [5.41, 5.74) is 1.71. The van der Waals surface area contributed by atoms with Gasteiger partial charge in [-0.15, -0.1) is 11.8 Å². The van der Waals surface area contributed by atoms with Crippen molar-refractivity contribution < 1.29 is 0 Å². The molecule has 108 valence electrons. The van der Waals surface area contributed by atoms with Crippen LogP contribution < -0.4 is 5.32 Å². The summed E-state index contributed by atoms with van der Waals surface area (Å²) >= 11 is 1.62. The van der Waals surface area contributed by atoms with Crippen LogP contribution in [0.15, 0.2) is 23.1 Å². The van der Waals surface area contributed by atoms with Gasteiger partial charge < -0.3 is 10.2 Å². The molecule has 1 fully saturated rings. The quantitative estimate of drug-likeness (QED) is 0.840. The first-order valence-corrected chi connectivity index (χ1v) is 8.19. The van der Waals surface area contributed by atoms with E-state index in [-0.39, 0.29) is 0 Å². The summed E-state index contributed by atoms with van der Waals surface area (Å²) in [7, 11) is 2.17. The average Bonchev–Trinajstić information content (AvgIpc) is 2.49. The Kier molecular flexibility index (Phi) is 5.72. The molecule has 0 aromatic heterocycles. The van der Waals surface area contributed by atoms with Gasteiger partial charge in [0, 0.05) is 44.2 Å². The second-order valence-electron chi connectivity index (χ2n) is 5.07. The maximum atomic E-state index is 9.29. The minimum Gasteiger partial charge on any atom is -0.383 e. The van der Waals surface area contributed by atoms with Gasteiger partial charge in [-0.1, -0.05) is 6.07 Å². The summed E-state index contributed by atoms with van der Waals surface area (Å²) in [6.07, 6.45) is 2.00.